The lowest BCUT2D eigenvalue weighted by molar-refractivity contribution is -0.124. The number of fused-ring (bicyclic) bond motifs is 15. The monoisotopic (exact) mass is 1020 g/mol. The molecule has 12 rings (SSSR count). The van der Waals surface area contributed by atoms with Gasteiger partial charge in [-0.05, 0) is 145 Å². The smallest absolute Gasteiger partial charge is 0.165 e. The van der Waals surface area contributed by atoms with Crippen molar-refractivity contribution in [2.24, 2.45) is 68.0 Å². The normalized spacial score (nSPS) is 39.2. The highest BCUT2D eigenvalue weighted by Crippen LogP contribution is 2.70. The fraction of sp³-hybridized carbons (Fsp3) is 0.723. The molecular weight excluding hydrogens is 925 g/mol. The van der Waals surface area contributed by atoms with Crippen LogP contribution in [0.25, 0.3) is 0 Å². The summed E-state index contributed by atoms with van der Waals surface area (Å²) in [5, 5.41) is 40.5. The second-order valence-electron chi connectivity index (χ2n) is 29.1. The van der Waals surface area contributed by atoms with Gasteiger partial charge in [-0.3, -0.25) is 0 Å². The van der Waals surface area contributed by atoms with Gasteiger partial charge in [0, 0.05) is 68.9 Å². The van der Waals surface area contributed by atoms with Gasteiger partial charge in [0.2, 0.25) is 0 Å². The number of hydrogen-bond donors (Lipinski definition) is 4. The van der Waals surface area contributed by atoms with E-state index in [0.717, 1.165) is 53.7 Å². The molecule has 4 N–H and O–H groups in total. The van der Waals surface area contributed by atoms with Crippen molar-refractivity contribution in [1.82, 2.24) is 0 Å². The number of benzene rings is 3. The molecule has 3 aromatic carbocycles. The molecule has 9 heteroatoms. The zero-order valence-corrected chi connectivity index (χ0v) is 48.0. The molecule has 74 heavy (non-hydrogen) atoms. The Morgan fingerprint density at radius 2 is 0.730 bits per heavy atom. The predicted octanol–water partition coefficient (Wildman–Crippen LogP) is 15.6. The Labute approximate surface area is 444 Å². The van der Waals surface area contributed by atoms with Crippen LogP contribution in [0.4, 0.5) is 0 Å². The second kappa shape index (κ2) is 18.0. The summed E-state index contributed by atoms with van der Waals surface area (Å²) >= 11 is 0. The van der Waals surface area contributed by atoms with E-state index in [1.807, 2.05) is 18.2 Å². The Kier molecular flexibility index (Phi) is 12.9. The molecule has 6 aliphatic carbocycles. The maximum absolute atomic E-state index is 10.2. The molecule has 0 aromatic heterocycles. The van der Waals surface area contributed by atoms with Gasteiger partial charge in [-0.1, -0.05) is 102 Å². The number of phenols is 4. The summed E-state index contributed by atoms with van der Waals surface area (Å²) in [4.78, 5) is 0. The van der Waals surface area contributed by atoms with Gasteiger partial charge in [0.15, 0.2) is 34.5 Å². The molecule has 6 fully saturated rings. The van der Waals surface area contributed by atoms with E-state index >= 15 is 0 Å². The van der Waals surface area contributed by atoms with Crippen molar-refractivity contribution in [3.63, 3.8) is 0 Å². The average Bonchev–Trinajstić information content (AvgIpc) is 3.32. The highest BCUT2D eigenvalue weighted by molar-refractivity contribution is 5.58. The largest absolute Gasteiger partial charge is 0.508 e. The molecule has 0 amide bonds. The SMILES string of the molecule is CC1(C)CCC[C@]2(C)[C@H]3COc4c(O)cc(O)cc4[C@]3(C)CC[C@@H]12.CC1(C)CCC[C@]2(C)[C@H]3COc4c(O)cc(O)cc4[C@]3(C)CC[C@@H]12.COc1cc(OC)c2c(c1)[C@]1(C)CC[C@H]3C(C)(C)CCC[C@]3(C)[C@H]1CO2. The van der Waals surface area contributed by atoms with Crippen molar-refractivity contribution < 1.29 is 44.1 Å². The molecule has 0 bridgehead atoms. The second-order valence-corrected chi connectivity index (χ2v) is 29.1. The van der Waals surface area contributed by atoms with E-state index in [4.69, 9.17) is 23.7 Å². The number of methoxy groups -OCH3 is 2. The van der Waals surface area contributed by atoms with E-state index in [2.05, 4.69) is 89.2 Å². The minimum Gasteiger partial charge on any atom is -0.508 e. The molecule has 9 nitrogen and oxygen atoms in total. The van der Waals surface area contributed by atoms with Gasteiger partial charge in [-0.25, -0.2) is 0 Å². The van der Waals surface area contributed by atoms with E-state index in [-0.39, 0.29) is 50.1 Å². The Morgan fingerprint density at radius 3 is 1.07 bits per heavy atom. The molecule has 12 atom stereocenters. The van der Waals surface area contributed by atoms with Gasteiger partial charge in [0.25, 0.3) is 0 Å². The molecule has 0 unspecified atom stereocenters. The van der Waals surface area contributed by atoms with E-state index in [0.29, 0.717) is 76.0 Å². The first-order valence-corrected chi connectivity index (χ1v) is 28.9. The number of aromatic hydroxyl groups is 4. The minimum absolute atomic E-state index is 0.0392. The van der Waals surface area contributed by atoms with E-state index < -0.39 is 0 Å². The van der Waals surface area contributed by atoms with Crippen molar-refractivity contribution in [2.75, 3.05) is 34.0 Å². The third-order valence-corrected chi connectivity index (χ3v) is 24.0. The predicted molar refractivity (Wildman–Crippen MR) is 293 cm³/mol. The van der Waals surface area contributed by atoms with Crippen LogP contribution in [0.1, 0.15) is 196 Å². The van der Waals surface area contributed by atoms with Crippen molar-refractivity contribution in [3.05, 3.63) is 53.1 Å². The lowest BCUT2D eigenvalue weighted by atomic mass is 9.42. The van der Waals surface area contributed by atoms with Crippen LogP contribution in [-0.2, 0) is 16.2 Å². The van der Waals surface area contributed by atoms with Crippen molar-refractivity contribution in [1.29, 1.82) is 0 Å². The molecule has 6 saturated carbocycles. The van der Waals surface area contributed by atoms with Crippen LogP contribution in [-0.4, -0.2) is 54.5 Å². The Morgan fingerprint density at radius 1 is 0.392 bits per heavy atom. The van der Waals surface area contributed by atoms with Crippen LogP contribution in [0, 0.1) is 68.0 Å². The third kappa shape index (κ3) is 7.99. The Balaban J connectivity index is 0.000000127. The Bertz CT molecular complexity index is 2520. The standard InChI is InChI=1S/C23H34O3.2C21H30O3/c1-21(2)9-7-10-23(4)18(21)8-11-22(3)16-12-15(24-5)13-17(25-6)20(16)26-14-19(22)23;2*1-19(2)7-5-8-21(4)16(19)6-9-20(3)14-10-13(22)11-15(23)18(14)24-12-17(20)21/h12-13,18-19H,7-11,14H2,1-6H3;2*10-11,16-17,22-23H,5-9,12H2,1-4H3/t18-,19-,22-,23-;2*16-,17-,20-,21-/m000/s1. The molecular formula is C65H94O9. The van der Waals surface area contributed by atoms with Gasteiger partial charge < -0.3 is 44.1 Å². The molecule has 0 saturated heterocycles. The highest BCUT2D eigenvalue weighted by atomic mass is 16.5. The molecule has 408 valence electrons. The topological polar surface area (TPSA) is 127 Å². The summed E-state index contributed by atoms with van der Waals surface area (Å²) in [6.07, 6.45) is 18.9. The summed E-state index contributed by atoms with van der Waals surface area (Å²) in [6.45, 7) is 31.5. The van der Waals surface area contributed by atoms with Gasteiger partial charge in [-0.2, -0.15) is 0 Å². The average molecular weight is 1020 g/mol. The zero-order valence-electron chi connectivity index (χ0n) is 48.0. The number of hydrogen-bond acceptors (Lipinski definition) is 9. The number of phenolic OH excluding ortho intramolecular Hbond substituents is 4. The van der Waals surface area contributed by atoms with Crippen LogP contribution < -0.4 is 23.7 Å². The van der Waals surface area contributed by atoms with Crippen LogP contribution in [0.15, 0.2) is 36.4 Å². The van der Waals surface area contributed by atoms with E-state index in [1.54, 1.807) is 14.2 Å². The maximum atomic E-state index is 10.2. The lowest BCUT2D eigenvalue weighted by Gasteiger charge is -2.63. The molecule has 3 aromatic rings. The maximum Gasteiger partial charge on any atom is 0.165 e. The summed E-state index contributed by atoms with van der Waals surface area (Å²) in [6, 6.07) is 10.6. The van der Waals surface area contributed by atoms with Crippen molar-refractivity contribution >= 4 is 0 Å². The van der Waals surface area contributed by atoms with E-state index in [9.17, 15) is 20.4 Å². The first-order chi connectivity index (χ1) is 34.6. The zero-order chi connectivity index (χ0) is 53.4. The third-order valence-electron chi connectivity index (χ3n) is 24.0. The van der Waals surface area contributed by atoms with Crippen LogP contribution >= 0.6 is 0 Å². The summed E-state index contributed by atoms with van der Waals surface area (Å²) in [5.74, 6) is 7.78. The van der Waals surface area contributed by atoms with Crippen LogP contribution in [0.3, 0.4) is 0 Å². The van der Waals surface area contributed by atoms with Crippen LogP contribution in [0.2, 0.25) is 0 Å². The molecule has 0 spiro atoms. The van der Waals surface area contributed by atoms with Gasteiger partial charge in [-0.15, -0.1) is 0 Å². The summed E-state index contributed by atoms with van der Waals surface area (Å²) in [5.41, 5.74) is 5.38. The minimum atomic E-state index is -0.0392. The number of rotatable bonds is 2. The molecule has 9 aliphatic rings. The van der Waals surface area contributed by atoms with Gasteiger partial charge in [0.05, 0.1) is 34.0 Å². The highest BCUT2D eigenvalue weighted by Gasteiger charge is 2.64. The van der Waals surface area contributed by atoms with Crippen molar-refractivity contribution in [3.8, 4) is 51.7 Å². The summed E-state index contributed by atoms with van der Waals surface area (Å²) < 4.78 is 29.7. The summed E-state index contributed by atoms with van der Waals surface area (Å²) in [7, 11) is 3.45. The molecule has 3 aliphatic heterocycles. The molecule has 3 heterocycles. The fourth-order valence-corrected chi connectivity index (χ4v) is 20.3. The van der Waals surface area contributed by atoms with Gasteiger partial charge in [0.1, 0.15) is 17.2 Å². The van der Waals surface area contributed by atoms with E-state index in [1.165, 1.54) is 101 Å². The van der Waals surface area contributed by atoms with Crippen LogP contribution in [0.5, 0.6) is 51.7 Å². The van der Waals surface area contributed by atoms with Crippen molar-refractivity contribution in [2.45, 2.75) is 196 Å². The first kappa shape index (κ1) is 53.3. The fourth-order valence-electron chi connectivity index (χ4n) is 20.3. The van der Waals surface area contributed by atoms with Gasteiger partial charge >= 0.3 is 0 Å². The number of ether oxygens (including phenoxy) is 5. The molecule has 0 radical (unpaired) electrons. The quantitative estimate of drug-likeness (QED) is 0.198. The lowest BCUT2D eigenvalue weighted by Crippen LogP contribution is -2.59. The Hall–Kier alpha value is -4.14. The first-order valence-electron chi connectivity index (χ1n) is 28.9.